The summed E-state index contributed by atoms with van der Waals surface area (Å²) in [7, 11) is 0. The molecule has 120 valence electrons. The highest BCUT2D eigenvalue weighted by Crippen LogP contribution is 2.15. The predicted molar refractivity (Wildman–Crippen MR) is 85.9 cm³/mol. The van der Waals surface area contributed by atoms with Gasteiger partial charge in [0.25, 0.3) is 0 Å². The lowest BCUT2D eigenvalue weighted by Crippen LogP contribution is -2.44. The van der Waals surface area contributed by atoms with Crippen molar-refractivity contribution in [2.24, 2.45) is 5.73 Å². The Hall–Kier alpha value is -0.570. The number of carbonyl (C=O) groups is 1. The smallest absolute Gasteiger partial charge is 0.323 e. The predicted octanol–water partition coefficient (Wildman–Crippen LogP) is 4.88. The van der Waals surface area contributed by atoms with Gasteiger partial charge in [-0.3, -0.25) is 4.79 Å². The first-order chi connectivity index (χ1) is 9.50. The number of carboxylic acids is 1. The molecule has 1 atom stereocenters. The molecule has 0 spiro atoms. The number of unbranched alkanes of at least 4 members (excludes halogenated alkanes) is 11. The molecular formula is C17H35NO2. The minimum atomic E-state index is -1.04. The number of nitrogens with two attached hydrogens (primary N) is 1. The summed E-state index contributed by atoms with van der Waals surface area (Å²) in [4.78, 5) is 10.8. The summed E-state index contributed by atoms with van der Waals surface area (Å²) in [5.41, 5.74) is 4.65. The van der Waals surface area contributed by atoms with E-state index in [0.717, 1.165) is 12.8 Å². The molecule has 0 aliphatic rings. The molecule has 3 nitrogen and oxygen atoms in total. The average molecular weight is 285 g/mol. The van der Waals surface area contributed by atoms with Gasteiger partial charge in [0.1, 0.15) is 5.54 Å². The number of hydrogen-bond donors (Lipinski definition) is 2. The van der Waals surface area contributed by atoms with Crippen LogP contribution < -0.4 is 5.73 Å². The Bertz CT molecular complexity index is 239. The van der Waals surface area contributed by atoms with Gasteiger partial charge >= 0.3 is 5.97 Å². The number of rotatable bonds is 14. The molecule has 0 amide bonds. The van der Waals surface area contributed by atoms with E-state index in [-0.39, 0.29) is 0 Å². The van der Waals surface area contributed by atoms with Crippen LogP contribution in [-0.2, 0) is 4.79 Å². The normalized spacial score (nSPS) is 14.2. The maximum atomic E-state index is 10.8. The quantitative estimate of drug-likeness (QED) is 0.447. The molecule has 0 aromatic rings. The van der Waals surface area contributed by atoms with Crippen LogP contribution >= 0.6 is 0 Å². The number of carboxylic acid groups (broad SMARTS) is 1. The van der Waals surface area contributed by atoms with E-state index >= 15 is 0 Å². The van der Waals surface area contributed by atoms with E-state index < -0.39 is 11.5 Å². The maximum Gasteiger partial charge on any atom is 0.323 e. The molecular weight excluding hydrogens is 250 g/mol. The summed E-state index contributed by atoms with van der Waals surface area (Å²) < 4.78 is 0. The first-order valence-corrected chi connectivity index (χ1v) is 8.53. The summed E-state index contributed by atoms with van der Waals surface area (Å²) >= 11 is 0. The first kappa shape index (κ1) is 19.4. The van der Waals surface area contributed by atoms with Gasteiger partial charge in [-0.15, -0.1) is 0 Å². The molecule has 0 aromatic carbocycles. The van der Waals surface area contributed by atoms with Gasteiger partial charge in [0.05, 0.1) is 0 Å². The fourth-order valence-electron chi connectivity index (χ4n) is 2.44. The molecule has 3 N–H and O–H groups in total. The van der Waals surface area contributed by atoms with Crippen LogP contribution in [0.1, 0.15) is 97.3 Å². The van der Waals surface area contributed by atoms with E-state index in [1.54, 1.807) is 6.92 Å². The van der Waals surface area contributed by atoms with Crippen molar-refractivity contribution in [1.82, 2.24) is 0 Å². The van der Waals surface area contributed by atoms with E-state index in [1.165, 1.54) is 64.2 Å². The summed E-state index contributed by atoms with van der Waals surface area (Å²) in [6.45, 7) is 3.86. The van der Waals surface area contributed by atoms with Crippen molar-refractivity contribution >= 4 is 5.97 Å². The van der Waals surface area contributed by atoms with E-state index in [4.69, 9.17) is 10.8 Å². The molecule has 1 unspecified atom stereocenters. The Morgan fingerprint density at radius 3 is 1.55 bits per heavy atom. The Morgan fingerprint density at radius 2 is 1.20 bits per heavy atom. The fourth-order valence-corrected chi connectivity index (χ4v) is 2.44. The zero-order chi connectivity index (χ0) is 15.3. The van der Waals surface area contributed by atoms with Gasteiger partial charge in [0.15, 0.2) is 0 Å². The SMILES string of the molecule is CCCCCCCCCCCCCCC(C)(N)C(=O)O. The molecule has 0 aliphatic heterocycles. The molecule has 0 saturated heterocycles. The minimum Gasteiger partial charge on any atom is -0.480 e. The molecule has 0 saturated carbocycles. The van der Waals surface area contributed by atoms with Gasteiger partial charge < -0.3 is 10.8 Å². The molecule has 3 heteroatoms. The zero-order valence-corrected chi connectivity index (χ0v) is 13.6. The van der Waals surface area contributed by atoms with Crippen molar-refractivity contribution < 1.29 is 9.90 Å². The maximum absolute atomic E-state index is 10.8. The third-order valence-electron chi connectivity index (χ3n) is 4.04. The van der Waals surface area contributed by atoms with Crippen molar-refractivity contribution in [2.75, 3.05) is 0 Å². The highest BCUT2D eigenvalue weighted by Gasteiger charge is 2.26. The lowest BCUT2D eigenvalue weighted by Gasteiger charge is -2.18. The van der Waals surface area contributed by atoms with Crippen LogP contribution in [0.15, 0.2) is 0 Å². The molecule has 0 aromatic heterocycles. The van der Waals surface area contributed by atoms with Crippen LogP contribution in [0.3, 0.4) is 0 Å². The van der Waals surface area contributed by atoms with Crippen LogP contribution in [0, 0.1) is 0 Å². The Balaban J connectivity index is 3.19. The van der Waals surface area contributed by atoms with Crippen molar-refractivity contribution in [3.63, 3.8) is 0 Å². The average Bonchev–Trinajstić information content (AvgIpc) is 2.39. The van der Waals surface area contributed by atoms with E-state index in [9.17, 15) is 4.79 Å². The van der Waals surface area contributed by atoms with Gasteiger partial charge in [-0.05, 0) is 13.3 Å². The third-order valence-corrected chi connectivity index (χ3v) is 4.04. The lowest BCUT2D eigenvalue weighted by molar-refractivity contribution is -0.142. The zero-order valence-electron chi connectivity index (χ0n) is 13.6. The van der Waals surface area contributed by atoms with Gasteiger partial charge in [-0.2, -0.15) is 0 Å². The van der Waals surface area contributed by atoms with E-state index in [2.05, 4.69) is 6.92 Å². The highest BCUT2D eigenvalue weighted by atomic mass is 16.4. The van der Waals surface area contributed by atoms with Crippen LogP contribution in [-0.4, -0.2) is 16.6 Å². The van der Waals surface area contributed by atoms with Crippen molar-refractivity contribution in [3.8, 4) is 0 Å². The summed E-state index contributed by atoms with van der Waals surface area (Å²) in [6.07, 6.45) is 16.1. The second kappa shape index (κ2) is 12.2. The van der Waals surface area contributed by atoms with Crippen LogP contribution in [0.5, 0.6) is 0 Å². The fraction of sp³-hybridized carbons (Fsp3) is 0.941. The summed E-state index contributed by atoms with van der Waals surface area (Å²) in [5, 5.41) is 8.89. The van der Waals surface area contributed by atoms with Crippen LogP contribution in [0.25, 0.3) is 0 Å². The van der Waals surface area contributed by atoms with Gasteiger partial charge in [0, 0.05) is 0 Å². The number of aliphatic carboxylic acids is 1. The van der Waals surface area contributed by atoms with Crippen molar-refractivity contribution in [2.45, 2.75) is 103 Å². The second-order valence-electron chi connectivity index (χ2n) is 6.36. The Kier molecular flexibility index (Phi) is 11.8. The number of hydrogen-bond acceptors (Lipinski definition) is 2. The van der Waals surface area contributed by atoms with Gasteiger partial charge in [-0.25, -0.2) is 0 Å². The first-order valence-electron chi connectivity index (χ1n) is 8.53. The summed E-state index contributed by atoms with van der Waals surface area (Å²) in [6, 6.07) is 0. The topological polar surface area (TPSA) is 63.3 Å². The monoisotopic (exact) mass is 285 g/mol. The summed E-state index contributed by atoms with van der Waals surface area (Å²) in [5.74, 6) is -0.888. The Morgan fingerprint density at radius 1 is 0.850 bits per heavy atom. The van der Waals surface area contributed by atoms with Gasteiger partial charge in [-0.1, -0.05) is 84.0 Å². The molecule has 0 rings (SSSR count). The van der Waals surface area contributed by atoms with Crippen LogP contribution in [0.2, 0.25) is 0 Å². The second-order valence-corrected chi connectivity index (χ2v) is 6.36. The third kappa shape index (κ3) is 11.3. The molecule has 0 aliphatic carbocycles. The molecule has 20 heavy (non-hydrogen) atoms. The minimum absolute atomic E-state index is 0.583. The molecule has 0 heterocycles. The van der Waals surface area contributed by atoms with Crippen molar-refractivity contribution in [3.05, 3.63) is 0 Å². The molecule has 0 radical (unpaired) electrons. The van der Waals surface area contributed by atoms with E-state index in [1.807, 2.05) is 0 Å². The molecule has 0 fully saturated rings. The van der Waals surface area contributed by atoms with E-state index in [0.29, 0.717) is 6.42 Å². The van der Waals surface area contributed by atoms with Gasteiger partial charge in [0.2, 0.25) is 0 Å². The van der Waals surface area contributed by atoms with Crippen LogP contribution in [0.4, 0.5) is 0 Å². The largest absolute Gasteiger partial charge is 0.480 e. The Labute approximate surface area is 125 Å². The highest BCUT2D eigenvalue weighted by molar-refractivity contribution is 5.77. The van der Waals surface area contributed by atoms with Crippen molar-refractivity contribution in [1.29, 1.82) is 0 Å². The standard InChI is InChI=1S/C17H35NO2/c1-3-4-5-6-7-8-9-10-11-12-13-14-15-17(2,18)16(19)20/h3-15,18H2,1-2H3,(H,19,20). The lowest BCUT2D eigenvalue weighted by atomic mass is 9.95. The molecule has 0 bridgehead atoms.